The van der Waals surface area contributed by atoms with E-state index in [1.54, 1.807) is 0 Å². The van der Waals surface area contributed by atoms with Crippen LogP contribution in [-0.2, 0) is 5.41 Å². The Labute approximate surface area is 392 Å². The van der Waals surface area contributed by atoms with E-state index in [1.807, 2.05) is 11.3 Å². The molecule has 0 saturated carbocycles. The smallest absolute Gasteiger partial charge is 0.132 e. The zero-order chi connectivity index (χ0) is 44.1. The van der Waals surface area contributed by atoms with Crippen LogP contribution in [0.1, 0.15) is 22.3 Å². The van der Waals surface area contributed by atoms with Crippen molar-refractivity contribution < 1.29 is 4.74 Å². The molecule has 1 aliphatic heterocycles. The lowest BCUT2D eigenvalue weighted by molar-refractivity contribution is 0.436. The molecule has 11 aromatic carbocycles. The van der Waals surface area contributed by atoms with Gasteiger partial charge in [0, 0.05) is 70.2 Å². The summed E-state index contributed by atoms with van der Waals surface area (Å²) in [4.78, 5) is 4.86. The summed E-state index contributed by atoms with van der Waals surface area (Å²) in [6.45, 7) is 0. The first-order chi connectivity index (χ1) is 33.2. The van der Waals surface area contributed by atoms with Crippen LogP contribution in [0.25, 0.3) is 52.8 Å². The molecule has 0 N–H and O–H groups in total. The number of rotatable bonds is 6. The minimum Gasteiger partial charge on any atom is -0.457 e. The Morgan fingerprint density at radius 1 is 0.328 bits per heavy atom. The standard InChI is InChI=1S/C63H40N2OS/c1-4-20-42(21-5-1)64(43-22-6-2-7-23-43)57-32-18-19-41-37-61-51(39-49(41)57)52-40-58(47-27-10-11-28-48(47)62(52)67-61)65(44-24-8-3-9-25-44)45-35-36-54-50(38-45)46-26-12-13-29-53(46)63(54)55-30-14-16-33-59(55)66-60-34-17-15-31-56(60)63/h1-40H. The molecule has 12 aromatic rings. The Morgan fingerprint density at radius 3 is 1.55 bits per heavy atom. The molecule has 4 heteroatoms. The first-order valence-electron chi connectivity index (χ1n) is 22.9. The SMILES string of the molecule is c1ccc(N(c2ccccc2)c2cccc3cc4sc5c6ccccc6c(N(c6ccccc6)c6ccc7c(c6)-c6ccccc6C76c7ccccc7Oc7ccccc76)cc5c4cc23)cc1. The van der Waals surface area contributed by atoms with Crippen molar-refractivity contribution in [2.75, 3.05) is 9.80 Å². The number of benzene rings is 11. The fourth-order valence-electron chi connectivity index (χ4n) is 11.3. The van der Waals surface area contributed by atoms with Crippen LogP contribution in [0, 0.1) is 0 Å². The van der Waals surface area contributed by atoms with Crippen molar-refractivity contribution in [2.24, 2.45) is 0 Å². The van der Waals surface area contributed by atoms with Crippen LogP contribution in [0.3, 0.4) is 0 Å². The molecule has 3 nitrogen and oxygen atoms in total. The van der Waals surface area contributed by atoms with E-state index in [9.17, 15) is 0 Å². The lowest BCUT2D eigenvalue weighted by Crippen LogP contribution is -2.32. The van der Waals surface area contributed by atoms with Gasteiger partial charge in [0.1, 0.15) is 11.5 Å². The van der Waals surface area contributed by atoms with Gasteiger partial charge >= 0.3 is 0 Å². The van der Waals surface area contributed by atoms with E-state index in [0.717, 1.165) is 45.6 Å². The summed E-state index contributed by atoms with van der Waals surface area (Å²) in [5.74, 6) is 1.80. The summed E-state index contributed by atoms with van der Waals surface area (Å²) in [7, 11) is 0. The van der Waals surface area contributed by atoms with Crippen LogP contribution in [-0.4, -0.2) is 0 Å². The van der Waals surface area contributed by atoms with Crippen molar-refractivity contribution in [1.29, 1.82) is 0 Å². The number of hydrogen-bond acceptors (Lipinski definition) is 4. The summed E-state index contributed by atoms with van der Waals surface area (Å²) in [5, 5.41) is 7.38. The van der Waals surface area contributed by atoms with Crippen LogP contribution in [0.15, 0.2) is 243 Å². The lowest BCUT2D eigenvalue weighted by Gasteiger charge is -2.39. The summed E-state index contributed by atoms with van der Waals surface area (Å²) in [5.41, 5.74) is 13.5. The predicted octanol–water partition coefficient (Wildman–Crippen LogP) is 17.8. The summed E-state index contributed by atoms with van der Waals surface area (Å²) in [6, 6.07) is 88.6. The number of fused-ring (bicyclic) bond motifs is 15. The quantitative estimate of drug-likeness (QED) is 0.166. The first-order valence-corrected chi connectivity index (χ1v) is 23.7. The van der Waals surface area contributed by atoms with Crippen molar-refractivity contribution in [1.82, 2.24) is 0 Å². The van der Waals surface area contributed by atoms with Gasteiger partial charge in [0.15, 0.2) is 0 Å². The Morgan fingerprint density at radius 2 is 0.881 bits per heavy atom. The molecule has 0 unspecified atom stereocenters. The van der Waals surface area contributed by atoms with E-state index in [2.05, 4.69) is 252 Å². The number of thiophene rings is 1. The largest absolute Gasteiger partial charge is 0.457 e. The van der Waals surface area contributed by atoms with E-state index in [1.165, 1.54) is 75.1 Å². The lowest BCUT2D eigenvalue weighted by atomic mass is 9.66. The summed E-state index contributed by atoms with van der Waals surface area (Å²) in [6.07, 6.45) is 0. The van der Waals surface area contributed by atoms with Gasteiger partial charge in [-0.05, 0) is 113 Å². The molecule has 0 saturated heterocycles. The second kappa shape index (κ2) is 14.8. The van der Waals surface area contributed by atoms with Crippen molar-refractivity contribution in [3.8, 4) is 22.6 Å². The highest BCUT2D eigenvalue weighted by atomic mass is 32.1. The third-order valence-corrected chi connectivity index (χ3v) is 15.2. The van der Waals surface area contributed by atoms with Gasteiger partial charge in [-0.2, -0.15) is 0 Å². The van der Waals surface area contributed by atoms with Crippen LogP contribution in [0.5, 0.6) is 11.5 Å². The molecule has 14 rings (SSSR count). The third-order valence-electron chi connectivity index (χ3n) is 14.0. The van der Waals surface area contributed by atoms with E-state index in [-0.39, 0.29) is 0 Å². The van der Waals surface area contributed by atoms with E-state index in [0.29, 0.717) is 0 Å². The maximum absolute atomic E-state index is 6.64. The van der Waals surface area contributed by atoms with Gasteiger partial charge in [-0.1, -0.05) is 158 Å². The molecule has 1 spiro atoms. The van der Waals surface area contributed by atoms with Crippen LogP contribution < -0.4 is 14.5 Å². The Kier molecular flexibility index (Phi) is 8.37. The van der Waals surface area contributed by atoms with Crippen LogP contribution in [0.4, 0.5) is 34.1 Å². The molecule has 0 fully saturated rings. The first kappa shape index (κ1) is 37.9. The van der Waals surface area contributed by atoms with E-state index < -0.39 is 5.41 Å². The molecular formula is C63H40N2OS. The monoisotopic (exact) mass is 872 g/mol. The average Bonchev–Trinajstić information content (AvgIpc) is 3.90. The predicted molar refractivity (Wildman–Crippen MR) is 281 cm³/mol. The minimum absolute atomic E-state index is 0.535. The van der Waals surface area contributed by atoms with Crippen molar-refractivity contribution >= 4 is 87.2 Å². The highest BCUT2D eigenvalue weighted by molar-refractivity contribution is 7.26. The molecule has 0 amide bonds. The Bertz CT molecular complexity index is 3830. The third kappa shape index (κ3) is 5.57. The number of hydrogen-bond donors (Lipinski definition) is 0. The Hall–Kier alpha value is -8.44. The fourth-order valence-corrected chi connectivity index (χ4v) is 12.5. The molecule has 314 valence electrons. The van der Waals surface area contributed by atoms with Gasteiger partial charge < -0.3 is 14.5 Å². The topological polar surface area (TPSA) is 15.7 Å². The van der Waals surface area contributed by atoms with Crippen LogP contribution >= 0.6 is 11.3 Å². The second-order valence-corrected chi connectivity index (χ2v) is 18.6. The molecule has 0 atom stereocenters. The minimum atomic E-state index is -0.535. The number of para-hydroxylation sites is 5. The van der Waals surface area contributed by atoms with Gasteiger partial charge in [-0.3, -0.25) is 0 Å². The van der Waals surface area contributed by atoms with Gasteiger partial charge in [0.25, 0.3) is 0 Å². The molecular weight excluding hydrogens is 833 g/mol. The number of anilines is 6. The van der Waals surface area contributed by atoms with Gasteiger partial charge in [-0.15, -0.1) is 11.3 Å². The Balaban J connectivity index is 1.01. The van der Waals surface area contributed by atoms with E-state index >= 15 is 0 Å². The van der Waals surface area contributed by atoms with E-state index in [4.69, 9.17) is 4.74 Å². The maximum Gasteiger partial charge on any atom is 0.132 e. The number of ether oxygens (including phenoxy) is 1. The van der Waals surface area contributed by atoms with Crippen LogP contribution in [0.2, 0.25) is 0 Å². The summed E-state index contributed by atoms with van der Waals surface area (Å²) >= 11 is 1.89. The van der Waals surface area contributed by atoms with Gasteiger partial charge in [-0.25, -0.2) is 0 Å². The molecule has 1 aliphatic carbocycles. The highest BCUT2D eigenvalue weighted by Gasteiger charge is 2.51. The van der Waals surface area contributed by atoms with Gasteiger partial charge in [0.2, 0.25) is 0 Å². The molecule has 2 heterocycles. The number of nitrogens with zero attached hydrogens (tertiary/aromatic N) is 2. The average molecular weight is 873 g/mol. The molecule has 2 aliphatic rings. The highest BCUT2D eigenvalue weighted by Crippen LogP contribution is 2.63. The zero-order valence-corrected chi connectivity index (χ0v) is 37.1. The molecule has 1 aromatic heterocycles. The zero-order valence-electron chi connectivity index (χ0n) is 36.3. The normalized spacial score (nSPS) is 13.0. The molecule has 0 bridgehead atoms. The van der Waals surface area contributed by atoms with Gasteiger partial charge in [0.05, 0.1) is 16.8 Å². The second-order valence-electron chi connectivity index (χ2n) is 17.6. The summed E-state index contributed by atoms with van der Waals surface area (Å²) < 4.78 is 9.21. The van der Waals surface area contributed by atoms with Crippen molar-refractivity contribution in [3.05, 3.63) is 265 Å². The fraction of sp³-hybridized carbons (Fsp3) is 0.0159. The molecule has 0 radical (unpaired) electrons. The molecule has 67 heavy (non-hydrogen) atoms. The van der Waals surface area contributed by atoms with Crippen molar-refractivity contribution in [3.63, 3.8) is 0 Å². The maximum atomic E-state index is 6.64. The van der Waals surface area contributed by atoms with Crippen molar-refractivity contribution in [2.45, 2.75) is 5.41 Å².